The summed E-state index contributed by atoms with van der Waals surface area (Å²) < 4.78 is 2.37. The lowest BCUT2D eigenvalue weighted by atomic mass is 9.99. The van der Waals surface area contributed by atoms with E-state index >= 15 is 0 Å². The van der Waals surface area contributed by atoms with E-state index in [0.717, 1.165) is 27.8 Å². The Labute approximate surface area is 167 Å². The standard InChI is InChI=1S/C14H20N2.C8H10Cl2/c1-4-5-6-11(2)16-10-8-13-12(3)15-9-7-14(13)16;1-5-3-7(9)6(2)8(10)4-5/h7-11H,4-6H2,1-3H3;3,5H,4H2,1-2H3. The van der Waals surface area contributed by atoms with Crippen molar-refractivity contribution in [2.45, 2.75) is 66.3 Å². The van der Waals surface area contributed by atoms with Gasteiger partial charge in [0.15, 0.2) is 0 Å². The van der Waals surface area contributed by atoms with Crippen molar-refractivity contribution >= 4 is 34.1 Å². The number of hydrogen-bond donors (Lipinski definition) is 0. The Balaban J connectivity index is 0.000000209. The maximum atomic E-state index is 5.91. The van der Waals surface area contributed by atoms with E-state index in [1.807, 2.05) is 19.2 Å². The largest absolute Gasteiger partial charge is 0.345 e. The van der Waals surface area contributed by atoms with Gasteiger partial charge in [0.2, 0.25) is 0 Å². The number of rotatable bonds is 4. The minimum atomic E-state index is 0.490. The molecule has 0 radical (unpaired) electrons. The predicted molar refractivity (Wildman–Crippen MR) is 115 cm³/mol. The average molecular weight is 393 g/mol. The minimum absolute atomic E-state index is 0.490. The molecule has 2 atom stereocenters. The number of allylic oxidation sites excluding steroid dienone is 4. The first-order valence-corrected chi connectivity index (χ1v) is 10.3. The van der Waals surface area contributed by atoms with Crippen LogP contribution in [0.5, 0.6) is 0 Å². The molecule has 2 unspecified atom stereocenters. The average Bonchev–Trinajstić information content (AvgIpc) is 3.03. The van der Waals surface area contributed by atoms with Crippen molar-refractivity contribution in [3.63, 3.8) is 0 Å². The molecule has 4 heteroatoms. The third-order valence-electron chi connectivity index (χ3n) is 4.99. The molecule has 0 aromatic carbocycles. The summed E-state index contributed by atoms with van der Waals surface area (Å²) in [7, 11) is 0. The van der Waals surface area contributed by atoms with Gasteiger partial charge in [-0.25, -0.2) is 0 Å². The fourth-order valence-corrected chi connectivity index (χ4v) is 3.98. The molecule has 0 fully saturated rings. The zero-order valence-electron chi connectivity index (χ0n) is 16.5. The highest BCUT2D eigenvalue weighted by Crippen LogP contribution is 2.32. The zero-order valence-corrected chi connectivity index (χ0v) is 18.0. The number of hydrogen-bond acceptors (Lipinski definition) is 1. The van der Waals surface area contributed by atoms with Gasteiger partial charge < -0.3 is 4.57 Å². The number of halogens is 2. The molecule has 0 spiro atoms. The van der Waals surface area contributed by atoms with Crippen LogP contribution in [-0.2, 0) is 0 Å². The van der Waals surface area contributed by atoms with E-state index in [1.165, 1.54) is 30.2 Å². The normalized spacial score (nSPS) is 18.4. The molecule has 1 aliphatic rings. The lowest BCUT2D eigenvalue weighted by Crippen LogP contribution is -2.03. The number of unbranched alkanes of at least 4 members (excludes halogenated alkanes) is 1. The summed E-state index contributed by atoms with van der Waals surface area (Å²) in [5.74, 6) is 0.490. The molecule has 2 aromatic rings. The van der Waals surface area contributed by atoms with E-state index in [9.17, 15) is 0 Å². The summed E-state index contributed by atoms with van der Waals surface area (Å²) >= 11 is 11.8. The highest BCUT2D eigenvalue weighted by atomic mass is 35.5. The van der Waals surface area contributed by atoms with Crippen LogP contribution < -0.4 is 0 Å². The number of fused-ring (bicyclic) bond motifs is 1. The van der Waals surface area contributed by atoms with E-state index in [-0.39, 0.29) is 0 Å². The molecule has 0 bridgehead atoms. The van der Waals surface area contributed by atoms with E-state index in [2.05, 4.69) is 55.6 Å². The van der Waals surface area contributed by atoms with Crippen molar-refractivity contribution in [2.75, 3.05) is 0 Å². The van der Waals surface area contributed by atoms with Crippen LogP contribution >= 0.6 is 23.2 Å². The lowest BCUT2D eigenvalue weighted by molar-refractivity contribution is 0.498. The summed E-state index contributed by atoms with van der Waals surface area (Å²) in [4.78, 5) is 4.33. The van der Waals surface area contributed by atoms with E-state index in [0.29, 0.717) is 12.0 Å². The quantitative estimate of drug-likeness (QED) is 0.519. The van der Waals surface area contributed by atoms with Gasteiger partial charge in [-0.2, -0.15) is 0 Å². The summed E-state index contributed by atoms with van der Waals surface area (Å²) in [6.07, 6.45) is 10.9. The Morgan fingerprint density at radius 2 is 2.00 bits per heavy atom. The molecular weight excluding hydrogens is 363 g/mol. The van der Waals surface area contributed by atoms with E-state index < -0.39 is 0 Å². The van der Waals surface area contributed by atoms with Gasteiger partial charge in [-0.1, -0.05) is 56.0 Å². The van der Waals surface area contributed by atoms with Crippen LogP contribution in [0.3, 0.4) is 0 Å². The SMILES string of the molecule is CC1=C(Cl)CC(C)C=C1Cl.CCCCC(C)n1ccc2c(C)nccc21. The number of aromatic nitrogens is 2. The topological polar surface area (TPSA) is 17.8 Å². The molecule has 0 N–H and O–H groups in total. The fraction of sp³-hybridized carbons (Fsp3) is 0.500. The van der Waals surface area contributed by atoms with Crippen molar-refractivity contribution in [1.82, 2.24) is 9.55 Å². The van der Waals surface area contributed by atoms with Crippen LogP contribution in [0.1, 0.15) is 65.1 Å². The molecule has 2 nitrogen and oxygen atoms in total. The van der Waals surface area contributed by atoms with Crippen LogP contribution in [0.2, 0.25) is 0 Å². The van der Waals surface area contributed by atoms with Gasteiger partial charge in [-0.05, 0) is 57.2 Å². The second-order valence-electron chi connectivity index (χ2n) is 7.27. The lowest BCUT2D eigenvalue weighted by Gasteiger charge is -2.15. The van der Waals surface area contributed by atoms with Crippen LogP contribution in [0.4, 0.5) is 0 Å². The van der Waals surface area contributed by atoms with E-state index in [1.54, 1.807) is 0 Å². The van der Waals surface area contributed by atoms with Crippen molar-refractivity contribution in [1.29, 1.82) is 0 Å². The smallest absolute Gasteiger partial charge is 0.0516 e. The minimum Gasteiger partial charge on any atom is -0.345 e. The maximum absolute atomic E-state index is 5.91. The zero-order chi connectivity index (χ0) is 19.3. The van der Waals surface area contributed by atoms with Gasteiger partial charge in [-0.3, -0.25) is 4.98 Å². The molecule has 0 saturated heterocycles. The highest BCUT2D eigenvalue weighted by molar-refractivity contribution is 6.35. The Morgan fingerprint density at radius 3 is 2.65 bits per heavy atom. The van der Waals surface area contributed by atoms with Crippen molar-refractivity contribution in [2.24, 2.45) is 5.92 Å². The van der Waals surface area contributed by atoms with Crippen molar-refractivity contribution in [3.05, 3.63) is 51.9 Å². The molecular formula is C22H30Cl2N2. The summed E-state index contributed by atoms with van der Waals surface area (Å²) in [5.41, 5.74) is 3.47. The Hall–Kier alpha value is -1.25. The number of aryl methyl sites for hydroxylation is 1. The van der Waals surface area contributed by atoms with E-state index in [4.69, 9.17) is 23.2 Å². The van der Waals surface area contributed by atoms with Gasteiger partial charge in [0.1, 0.15) is 0 Å². The van der Waals surface area contributed by atoms with Gasteiger partial charge >= 0.3 is 0 Å². The molecule has 3 rings (SSSR count). The van der Waals surface area contributed by atoms with Crippen LogP contribution in [0.15, 0.2) is 46.2 Å². The van der Waals surface area contributed by atoms with Crippen molar-refractivity contribution in [3.8, 4) is 0 Å². The molecule has 0 aliphatic heterocycles. The van der Waals surface area contributed by atoms with Gasteiger partial charge in [0.25, 0.3) is 0 Å². The van der Waals surface area contributed by atoms with Crippen molar-refractivity contribution < 1.29 is 0 Å². The molecule has 0 amide bonds. The summed E-state index contributed by atoms with van der Waals surface area (Å²) in [5, 5.41) is 2.99. The van der Waals surface area contributed by atoms with Gasteiger partial charge in [-0.15, -0.1) is 0 Å². The molecule has 0 saturated carbocycles. The third kappa shape index (κ3) is 5.14. The monoisotopic (exact) mass is 392 g/mol. The van der Waals surface area contributed by atoms with Crippen LogP contribution in [-0.4, -0.2) is 9.55 Å². The molecule has 2 aromatic heterocycles. The first kappa shape index (κ1) is 21.1. The van der Waals surface area contributed by atoms with Gasteiger partial charge in [0.05, 0.1) is 5.52 Å². The van der Waals surface area contributed by atoms with Crippen LogP contribution in [0.25, 0.3) is 10.9 Å². The van der Waals surface area contributed by atoms with Crippen LogP contribution in [0, 0.1) is 12.8 Å². The molecule has 142 valence electrons. The highest BCUT2D eigenvalue weighted by Gasteiger charge is 2.13. The maximum Gasteiger partial charge on any atom is 0.0516 e. The number of nitrogens with zero attached hydrogens (tertiary/aromatic N) is 2. The fourth-order valence-electron chi connectivity index (χ4n) is 3.25. The Morgan fingerprint density at radius 1 is 1.27 bits per heavy atom. The Bertz CT molecular complexity index is 802. The molecule has 2 heterocycles. The van der Waals surface area contributed by atoms with Gasteiger partial charge in [0, 0.05) is 39.6 Å². The number of pyridine rings is 1. The predicted octanol–water partition coefficient (Wildman–Crippen LogP) is 7.76. The Kier molecular flexibility index (Phi) is 7.79. The summed E-state index contributed by atoms with van der Waals surface area (Å²) in [6.45, 7) is 10.7. The third-order valence-corrected chi connectivity index (χ3v) is 5.84. The second kappa shape index (κ2) is 9.62. The summed E-state index contributed by atoms with van der Waals surface area (Å²) in [6, 6.07) is 4.88. The molecule has 26 heavy (non-hydrogen) atoms. The first-order valence-electron chi connectivity index (χ1n) is 9.50. The first-order chi connectivity index (χ1) is 12.3. The molecule has 1 aliphatic carbocycles. The second-order valence-corrected chi connectivity index (χ2v) is 8.13.